The van der Waals surface area contributed by atoms with E-state index in [4.69, 9.17) is 4.52 Å². The zero-order valence-corrected chi connectivity index (χ0v) is 9.92. The first kappa shape index (κ1) is 10.7. The molecule has 3 heteroatoms. The van der Waals surface area contributed by atoms with Gasteiger partial charge in [0.25, 0.3) is 0 Å². The highest BCUT2D eigenvalue weighted by molar-refractivity contribution is 5.12. The third kappa shape index (κ3) is 2.07. The van der Waals surface area contributed by atoms with Gasteiger partial charge in [0.1, 0.15) is 12.0 Å². The summed E-state index contributed by atoms with van der Waals surface area (Å²) in [6.07, 6.45) is 7.05. The van der Waals surface area contributed by atoms with Gasteiger partial charge in [0.05, 0.1) is 0 Å². The van der Waals surface area contributed by atoms with Crippen LogP contribution < -0.4 is 0 Å². The van der Waals surface area contributed by atoms with Crippen LogP contribution in [0.1, 0.15) is 43.9 Å². The first-order valence-electron chi connectivity index (χ1n) is 5.73. The molecule has 0 atom stereocenters. The molecular formula is C12H20N2O. The Bertz CT molecular complexity index is 326. The van der Waals surface area contributed by atoms with Crippen molar-refractivity contribution in [3.05, 3.63) is 17.5 Å². The second kappa shape index (κ2) is 3.97. The van der Waals surface area contributed by atoms with Gasteiger partial charge in [-0.05, 0) is 33.7 Å². The SMILES string of the molecule is Cc1conc1CN(C)C1(C)CCCC1. The van der Waals surface area contributed by atoms with E-state index in [1.165, 1.54) is 25.7 Å². The number of aryl methyl sites for hydroxylation is 1. The van der Waals surface area contributed by atoms with E-state index in [0.29, 0.717) is 5.54 Å². The van der Waals surface area contributed by atoms with Gasteiger partial charge in [-0.1, -0.05) is 18.0 Å². The number of nitrogens with zero attached hydrogens (tertiary/aromatic N) is 2. The molecule has 0 aromatic carbocycles. The highest BCUT2D eigenvalue weighted by Crippen LogP contribution is 2.34. The van der Waals surface area contributed by atoms with Crippen molar-refractivity contribution >= 4 is 0 Å². The molecule has 84 valence electrons. The minimum Gasteiger partial charge on any atom is -0.364 e. The summed E-state index contributed by atoms with van der Waals surface area (Å²) in [6.45, 7) is 5.31. The van der Waals surface area contributed by atoms with Crippen molar-refractivity contribution in [1.82, 2.24) is 10.1 Å². The van der Waals surface area contributed by atoms with E-state index in [1.807, 2.05) is 0 Å². The van der Waals surface area contributed by atoms with E-state index in [2.05, 4.69) is 31.0 Å². The second-order valence-corrected chi connectivity index (χ2v) is 5.00. The van der Waals surface area contributed by atoms with Crippen molar-refractivity contribution in [2.24, 2.45) is 0 Å². The number of hydrogen-bond donors (Lipinski definition) is 0. The van der Waals surface area contributed by atoms with Gasteiger partial charge in [0.2, 0.25) is 0 Å². The van der Waals surface area contributed by atoms with E-state index >= 15 is 0 Å². The Morgan fingerprint density at radius 3 is 2.67 bits per heavy atom. The fraction of sp³-hybridized carbons (Fsp3) is 0.750. The van der Waals surface area contributed by atoms with Crippen LogP contribution in [0, 0.1) is 6.92 Å². The minimum atomic E-state index is 0.366. The lowest BCUT2D eigenvalue weighted by atomic mass is 9.98. The zero-order valence-electron chi connectivity index (χ0n) is 9.92. The highest BCUT2D eigenvalue weighted by Gasteiger charge is 2.33. The third-order valence-corrected chi connectivity index (χ3v) is 3.84. The zero-order chi connectivity index (χ0) is 10.9. The monoisotopic (exact) mass is 208 g/mol. The van der Waals surface area contributed by atoms with Crippen LogP contribution in [0.2, 0.25) is 0 Å². The summed E-state index contributed by atoms with van der Waals surface area (Å²) < 4.78 is 4.97. The Kier molecular flexibility index (Phi) is 2.83. The highest BCUT2D eigenvalue weighted by atomic mass is 16.5. The summed E-state index contributed by atoms with van der Waals surface area (Å²) in [6, 6.07) is 0. The molecule has 1 heterocycles. The van der Waals surface area contributed by atoms with Crippen LogP contribution in [0.25, 0.3) is 0 Å². The van der Waals surface area contributed by atoms with Crippen molar-refractivity contribution in [3.8, 4) is 0 Å². The number of rotatable bonds is 3. The van der Waals surface area contributed by atoms with Gasteiger partial charge >= 0.3 is 0 Å². The Hall–Kier alpha value is -0.830. The Balaban J connectivity index is 2.03. The summed E-state index contributed by atoms with van der Waals surface area (Å²) >= 11 is 0. The van der Waals surface area contributed by atoms with Crippen LogP contribution in [-0.4, -0.2) is 22.6 Å². The van der Waals surface area contributed by atoms with Gasteiger partial charge in [0.15, 0.2) is 0 Å². The van der Waals surface area contributed by atoms with Crippen molar-refractivity contribution < 1.29 is 4.52 Å². The molecular weight excluding hydrogens is 188 g/mol. The lowest BCUT2D eigenvalue weighted by Crippen LogP contribution is -2.40. The predicted molar refractivity (Wildman–Crippen MR) is 59.6 cm³/mol. The van der Waals surface area contributed by atoms with E-state index in [9.17, 15) is 0 Å². The van der Waals surface area contributed by atoms with Crippen molar-refractivity contribution in [2.45, 2.75) is 51.6 Å². The fourth-order valence-electron chi connectivity index (χ4n) is 2.40. The molecule has 2 rings (SSSR count). The quantitative estimate of drug-likeness (QED) is 0.765. The van der Waals surface area contributed by atoms with E-state index in [0.717, 1.165) is 17.8 Å². The predicted octanol–water partition coefficient (Wildman–Crippen LogP) is 2.75. The molecule has 0 radical (unpaired) electrons. The smallest absolute Gasteiger partial charge is 0.127 e. The lowest BCUT2D eigenvalue weighted by molar-refractivity contribution is 0.132. The van der Waals surface area contributed by atoms with Crippen LogP contribution in [0.5, 0.6) is 0 Å². The molecule has 1 aromatic rings. The molecule has 0 saturated heterocycles. The van der Waals surface area contributed by atoms with Crippen LogP contribution >= 0.6 is 0 Å². The second-order valence-electron chi connectivity index (χ2n) is 5.00. The maximum absolute atomic E-state index is 4.97. The molecule has 15 heavy (non-hydrogen) atoms. The Morgan fingerprint density at radius 2 is 2.13 bits per heavy atom. The van der Waals surface area contributed by atoms with Gasteiger partial charge in [-0.25, -0.2) is 0 Å². The van der Waals surface area contributed by atoms with E-state index in [1.54, 1.807) is 6.26 Å². The Morgan fingerprint density at radius 1 is 1.47 bits per heavy atom. The largest absolute Gasteiger partial charge is 0.364 e. The van der Waals surface area contributed by atoms with Crippen molar-refractivity contribution in [2.75, 3.05) is 7.05 Å². The molecule has 0 unspecified atom stereocenters. The average Bonchev–Trinajstić information content (AvgIpc) is 2.78. The van der Waals surface area contributed by atoms with Crippen LogP contribution in [0.15, 0.2) is 10.8 Å². The topological polar surface area (TPSA) is 29.3 Å². The van der Waals surface area contributed by atoms with Crippen molar-refractivity contribution in [1.29, 1.82) is 0 Å². The molecule has 0 spiro atoms. The third-order valence-electron chi connectivity index (χ3n) is 3.84. The molecule has 1 aliphatic rings. The van der Waals surface area contributed by atoms with E-state index in [-0.39, 0.29) is 0 Å². The Labute approximate surface area is 91.4 Å². The maximum Gasteiger partial charge on any atom is 0.127 e. The summed E-state index contributed by atoms with van der Waals surface area (Å²) in [4.78, 5) is 2.42. The molecule has 3 nitrogen and oxygen atoms in total. The molecule has 1 fully saturated rings. The normalized spacial score (nSPS) is 20.0. The van der Waals surface area contributed by atoms with Crippen molar-refractivity contribution in [3.63, 3.8) is 0 Å². The standard InChI is InChI=1S/C12H20N2O/c1-10-9-15-13-11(10)8-14(3)12(2)6-4-5-7-12/h9H,4-8H2,1-3H3. The molecule has 1 aliphatic carbocycles. The molecule has 0 bridgehead atoms. The summed E-state index contributed by atoms with van der Waals surface area (Å²) in [5, 5.41) is 4.04. The minimum absolute atomic E-state index is 0.366. The van der Waals surface area contributed by atoms with Crippen LogP contribution in [0.3, 0.4) is 0 Å². The molecule has 0 N–H and O–H groups in total. The first-order valence-corrected chi connectivity index (χ1v) is 5.73. The summed E-state index contributed by atoms with van der Waals surface area (Å²) in [7, 11) is 2.19. The summed E-state index contributed by atoms with van der Waals surface area (Å²) in [5.74, 6) is 0. The molecule has 0 amide bonds. The lowest BCUT2D eigenvalue weighted by Gasteiger charge is -2.34. The first-order chi connectivity index (χ1) is 7.12. The van der Waals surface area contributed by atoms with Gasteiger partial charge < -0.3 is 4.52 Å². The van der Waals surface area contributed by atoms with Gasteiger partial charge in [-0.3, -0.25) is 4.90 Å². The van der Waals surface area contributed by atoms with Gasteiger partial charge in [0, 0.05) is 17.6 Å². The number of hydrogen-bond acceptors (Lipinski definition) is 3. The fourth-order valence-corrected chi connectivity index (χ4v) is 2.40. The maximum atomic E-state index is 4.97. The van der Waals surface area contributed by atoms with Crippen LogP contribution in [-0.2, 0) is 6.54 Å². The van der Waals surface area contributed by atoms with E-state index < -0.39 is 0 Å². The van der Waals surface area contributed by atoms with Crippen LogP contribution in [0.4, 0.5) is 0 Å². The summed E-state index contributed by atoms with van der Waals surface area (Å²) in [5.41, 5.74) is 2.60. The molecule has 0 aliphatic heterocycles. The number of aromatic nitrogens is 1. The molecule has 1 saturated carbocycles. The van der Waals surface area contributed by atoms with Gasteiger partial charge in [-0.15, -0.1) is 0 Å². The average molecular weight is 208 g/mol. The molecule has 1 aromatic heterocycles. The van der Waals surface area contributed by atoms with Gasteiger partial charge in [-0.2, -0.15) is 0 Å².